The van der Waals surface area contributed by atoms with Crippen LogP contribution in [0.3, 0.4) is 0 Å². The number of aliphatic hydroxyl groups is 1. The Hall–Kier alpha value is -2.02. The second-order valence-corrected chi connectivity index (χ2v) is 4.63. The van der Waals surface area contributed by atoms with Crippen molar-refractivity contribution in [3.63, 3.8) is 0 Å². The van der Waals surface area contributed by atoms with Crippen molar-refractivity contribution in [2.45, 2.75) is 18.9 Å². The first-order chi connectivity index (χ1) is 9.62. The number of nitro benzene ring substituents is 1. The lowest BCUT2D eigenvalue weighted by Gasteiger charge is -2.25. The summed E-state index contributed by atoms with van der Waals surface area (Å²) >= 11 is 0. The molecule has 7 nitrogen and oxygen atoms in total. The monoisotopic (exact) mass is 282 g/mol. The van der Waals surface area contributed by atoms with Crippen LogP contribution in [0.1, 0.15) is 12.8 Å². The van der Waals surface area contributed by atoms with Crippen molar-refractivity contribution in [2.75, 3.05) is 32.3 Å². The third-order valence-corrected chi connectivity index (χ3v) is 3.57. The van der Waals surface area contributed by atoms with Crippen LogP contribution in [-0.2, 0) is 0 Å². The van der Waals surface area contributed by atoms with Crippen LogP contribution < -0.4 is 14.4 Å². The topological polar surface area (TPSA) is 85.1 Å². The average Bonchev–Trinajstić information content (AvgIpc) is 2.93. The van der Waals surface area contributed by atoms with Crippen molar-refractivity contribution in [2.24, 2.45) is 0 Å². The standard InChI is InChI=1S/C13H18N2O5/c1-19-12-6-10(14-5-3-4-9(14)8-16)11(15(17)18)7-13(12)20-2/h6-7,9,16H,3-5,8H2,1-2H3. The fourth-order valence-corrected chi connectivity index (χ4v) is 2.58. The fraction of sp³-hybridized carbons (Fsp3) is 0.538. The number of methoxy groups -OCH3 is 2. The number of hydrogen-bond donors (Lipinski definition) is 1. The molecular formula is C13H18N2O5. The third-order valence-electron chi connectivity index (χ3n) is 3.57. The van der Waals surface area contributed by atoms with Crippen LogP contribution in [0, 0.1) is 10.1 Å². The van der Waals surface area contributed by atoms with Crippen molar-refractivity contribution >= 4 is 11.4 Å². The van der Waals surface area contributed by atoms with E-state index < -0.39 is 4.92 Å². The molecule has 1 fully saturated rings. The zero-order valence-corrected chi connectivity index (χ0v) is 11.5. The molecule has 1 atom stereocenters. The molecule has 20 heavy (non-hydrogen) atoms. The summed E-state index contributed by atoms with van der Waals surface area (Å²) < 4.78 is 10.3. The SMILES string of the molecule is COc1cc(N2CCCC2CO)c([N+](=O)[O-])cc1OC. The highest BCUT2D eigenvalue weighted by Crippen LogP contribution is 2.41. The molecule has 0 amide bonds. The minimum absolute atomic E-state index is 0.0223. The molecule has 1 saturated heterocycles. The molecule has 110 valence electrons. The van der Waals surface area contributed by atoms with Crippen LogP contribution in [-0.4, -0.2) is 43.4 Å². The molecule has 1 aromatic carbocycles. The quantitative estimate of drug-likeness (QED) is 0.652. The predicted octanol–water partition coefficient (Wildman–Crippen LogP) is 1.57. The average molecular weight is 282 g/mol. The number of benzene rings is 1. The molecule has 7 heteroatoms. The summed E-state index contributed by atoms with van der Waals surface area (Å²) in [5.74, 6) is 0.763. The first-order valence-electron chi connectivity index (χ1n) is 6.40. The Bertz CT molecular complexity index is 506. The summed E-state index contributed by atoms with van der Waals surface area (Å²) in [6.07, 6.45) is 1.72. The molecule has 1 N–H and O–H groups in total. The molecule has 0 bridgehead atoms. The van der Waals surface area contributed by atoms with Gasteiger partial charge in [0.25, 0.3) is 5.69 Å². The van der Waals surface area contributed by atoms with Crippen LogP contribution in [0.5, 0.6) is 11.5 Å². The Balaban J connectivity index is 2.52. The first-order valence-corrected chi connectivity index (χ1v) is 6.40. The number of nitrogens with zero attached hydrogens (tertiary/aromatic N) is 2. The lowest BCUT2D eigenvalue weighted by molar-refractivity contribution is -0.384. The normalized spacial score (nSPS) is 18.1. The molecule has 1 aliphatic rings. The second kappa shape index (κ2) is 5.96. The van der Waals surface area contributed by atoms with Gasteiger partial charge in [0.15, 0.2) is 11.5 Å². The molecule has 0 radical (unpaired) electrons. The summed E-state index contributed by atoms with van der Waals surface area (Å²) in [5.41, 5.74) is 0.423. The van der Waals surface area contributed by atoms with Gasteiger partial charge in [0.2, 0.25) is 0 Å². The molecule has 1 unspecified atom stereocenters. The Morgan fingerprint density at radius 2 is 2.05 bits per heavy atom. The Morgan fingerprint density at radius 3 is 2.60 bits per heavy atom. The van der Waals surface area contributed by atoms with Crippen LogP contribution in [0.15, 0.2) is 12.1 Å². The van der Waals surface area contributed by atoms with Gasteiger partial charge in [-0.15, -0.1) is 0 Å². The first kappa shape index (κ1) is 14.4. The Labute approximate surface area is 116 Å². The molecule has 1 aliphatic heterocycles. The van der Waals surface area contributed by atoms with Crippen molar-refractivity contribution in [1.82, 2.24) is 0 Å². The van der Waals surface area contributed by atoms with E-state index in [0.29, 0.717) is 23.7 Å². The van der Waals surface area contributed by atoms with Crippen LogP contribution in [0.4, 0.5) is 11.4 Å². The number of ether oxygens (including phenoxy) is 2. The highest BCUT2D eigenvalue weighted by Gasteiger charge is 2.31. The van der Waals surface area contributed by atoms with Gasteiger partial charge in [-0.1, -0.05) is 0 Å². The van der Waals surface area contributed by atoms with Gasteiger partial charge in [0.05, 0.1) is 37.9 Å². The maximum atomic E-state index is 11.3. The summed E-state index contributed by atoms with van der Waals surface area (Å²) in [4.78, 5) is 12.7. The van der Waals surface area contributed by atoms with E-state index in [-0.39, 0.29) is 18.3 Å². The molecule has 2 rings (SSSR count). The van der Waals surface area contributed by atoms with Gasteiger partial charge in [-0.3, -0.25) is 10.1 Å². The third kappa shape index (κ3) is 2.49. The van der Waals surface area contributed by atoms with Gasteiger partial charge in [0, 0.05) is 12.6 Å². The summed E-state index contributed by atoms with van der Waals surface area (Å²) in [6.45, 7) is 0.660. The second-order valence-electron chi connectivity index (χ2n) is 4.63. The van der Waals surface area contributed by atoms with Crippen LogP contribution in [0.2, 0.25) is 0 Å². The van der Waals surface area contributed by atoms with E-state index in [1.54, 1.807) is 6.07 Å². The number of anilines is 1. The Kier molecular flexibility index (Phi) is 4.29. The van der Waals surface area contributed by atoms with Crippen LogP contribution in [0.25, 0.3) is 0 Å². The molecule has 0 aliphatic carbocycles. The zero-order valence-electron chi connectivity index (χ0n) is 11.5. The maximum Gasteiger partial charge on any atom is 0.296 e. The van der Waals surface area contributed by atoms with E-state index in [4.69, 9.17) is 9.47 Å². The number of hydrogen-bond acceptors (Lipinski definition) is 6. The molecular weight excluding hydrogens is 264 g/mol. The van der Waals surface area contributed by atoms with E-state index in [9.17, 15) is 15.2 Å². The predicted molar refractivity (Wildman–Crippen MR) is 73.7 cm³/mol. The van der Waals surface area contributed by atoms with E-state index in [1.807, 2.05) is 4.90 Å². The molecule has 0 aromatic heterocycles. The van der Waals surface area contributed by atoms with Crippen LogP contribution >= 0.6 is 0 Å². The summed E-state index contributed by atoms with van der Waals surface area (Å²) in [5, 5.41) is 20.6. The number of aliphatic hydroxyl groups excluding tert-OH is 1. The van der Waals surface area contributed by atoms with Gasteiger partial charge >= 0.3 is 0 Å². The van der Waals surface area contributed by atoms with E-state index >= 15 is 0 Å². The van der Waals surface area contributed by atoms with Crippen molar-refractivity contribution < 1.29 is 19.5 Å². The lowest BCUT2D eigenvalue weighted by atomic mass is 10.2. The van der Waals surface area contributed by atoms with Crippen molar-refractivity contribution in [3.8, 4) is 11.5 Å². The lowest BCUT2D eigenvalue weighted by Crippen LogP contribution is -2.32. The summed E-state index contributed by atoms with van der Waals surface area (Å²) in [6, 6.07) is 2.87. The van der Waals surface area contributed by atoms with Gasteiger partial charge in [-0.25, -0.2) is 0 Å². The molecule has 1 heterocycles. The van der Waals surface area contributed by atoms with E-state index in [2.05, 4.69) is 0 Å². The summed E-state index contributed by atoms with van der Waals surface area (Å²) in [7, 11) is 2.93. The van der Waals surface area contributed by atoms with Gasteiger partial charge in [0.1, 0.15) is 5.69 Å². The minimum atomic E-state index is -0.440. The maximum absolute atomic E-state index is 11.3. The minimum Gasteiger partial charge on any atom is -0.493 e. The van der Waals surface area contributed by atoms with Crippen molar-refractivity contribution in [3.05, 3.63) is 22.2 Å². The molecule has 0 spiro atoms. The van der Waals surface area contributed by atoms with Gasteiger partial charge in [-0.05, 0) is 12.8 Å². The smallest absolute Gasteiger partial charge is 0.296 e. The van der Waals surface area contributed by atoms with Gasteiger partial charge in [-0.2, -0.15) is 0 Å². The zero-order chi connectivity index (χ0) is 14.7. The fourth-order valence-electron chi connectivity index (χ4n) is 2.58. The van der Waals surface area contributed by atoms with Crippen molar-refractivity contribution in [1.29, 1.82) is 0 Å². The number of nitro groups is 1. The molecule has 1 aromatic rings. The van der Waals surface area contributed by atoms with E-state index in [0.717, 1.165) is 12.8 Å². The number of rotatable bonds is 5. The van der Waals surface area contributed by atoms with Gasteiger partial charge < -0.3 is 19.5 Å². The van der Waals surface area contributed by atoms with E-state index in [1.165, 1.54) is 20.3 Å². The highest BCUT2D eigenvalue weighted by atomic mass is 16.6. The Morgan fingerprint density at radius 1 is 1.40 bits per heavy atom. The largest absolute Gasteiger partial charge is 0.493 e. The highest BCUT2D eigenvalue weighted by molar-refractivity contribution is 5.70. The molecule has 0 saturated carbocycles.